The number of carboxylic acid groups (broad SMARTS) is 1. The smallest absolute Gasteiger partial charge is 0.241 e. The molecule has 0 unspecified atom stereocenters. The minimum Gasteiger partial charge on any atom is -0.548 e. The molecule has 35 heavy (non-hydrogen) atoms. The lowest BCUT2D eigenvalue weighted by Gasteiger charge is -2.23. The summed E-state index contributed by atoms with van der Waals surface area (Å²) in [4.78, 5) is 13.6. The fourth-order valence-electron chi connectivity index (χ4n) is 4.02. The lowest BCUT2D eigenvalue weighted by molar-refractivity contribution is -0.309. The van der Waals surface area contributed by atoms with E-state index in [0.717, 1.165) is 21.4 Å². The van der Waals surface area contributed by atoms with E-state index in [1.165, 1.54) is 17.0 Å². The molecule has 0 aliphatic rings. The number of carboxylic acids is 1. The van der Waals surface area contributed by atoms with E-state index in [9.17, 15) is 18.3 Å². The van der Waals surface area contributed by atoms with Gasteiger partial charge in [-0.3, -0.25) is 0 Å². The fourth-order valence-corrected chi connectivity index (χ4v) is 6.39. The van der Waals surface area contributed by atoms with Gasteiger partial charge in [0.05, 0.1) is 16.9 Å². The lowest BCUT2D eigenvalue weighted by Crippen LogP contribution is -2.50. The maximum absolute atomic E-state index is 12.9. The van der Waals surface area contributed by atoms with Crippen LogP contribution >= 0.6 is 11.3 Å². The summed E-state index contributed by atoms with van der Waals surface area (Å²) >= 11 is 1.69. The highest BCUT2D eigenvalue weighted by molar-refractivity contribution is 7.89. The van der Waals surface area contributed by atoms with Crippen LogP contribution in [0.5, 0.6) is 0 Å². The first-order chi connectivity index (χ1) is 16.7. The van der Waals surface area contributed by atoms with E-state index in [2.05, 4.69) is 29.0 Å². The normalized spacial score (nSPS) is 13.0. The zero-order valence-electron chi connectivity index (χ0n) is 19.0. The van der Waals surface area contributed by atoms with Crippen LogP contribution in [-0.4, -0.2) is 20.4 Å². The topological polar surface area (TPSA) is 99.4 Å². The van der Waals surface area contributed by atoms with Crippen molar-refractivity contribution in [2.45, 2.75) is 24.8 Å². The van der Waals surface area contributed by atoms with Crippen LogP contribution in [-0.2, 0) is 14.8 Å². The Morgan fingerprint density at radius 2 is 1.57 bits per heavy atom. The number of furan rings is 1. The van der Waals surface area contributed by atoms with Crippen molar-refractivity contribution in [2.75, 3.05) is 0 Å². The van der Waals surface area contributed by atoms with Crippen LogP contribution in [0.4, 0.5) is 0 Å². The Hall–Kier alpha value is -3.46. The third-order valence-corrected chi connectivity index (χ3v) is 8.53. The number of thiophene rings is 1. The van der Waals surface area contributed by atoms with E-state index in [4.69, 9.17) is 4.42 Å². The number of nitrogens with one attached hydrogen (secondary N) is 1. The minimum absolute atomic E-state index is 0.0329. The van der Waals surface area contributed by atoms with Gasteiger partial charge in [-0.05, 0) is 59.5 Å². The third-order valence-electron chi connectivity index (χ3n) is 5.90. The molecule has 0 saturated heterocycles. The summed E-state index contributed by atoms with van der Waals surface area (Å²) in [5.74, 6) is -1.93. The monoisotopic (exact) mass is 504 g/mol. The second-order valence-electron chi connectivity index (χ2n) is 8.66. The van der Waals surface area contributed by atoms with Gasteiger partial charge in [0, 0.05) is 20.5 Å². The van der Waals surface area contributed by atoms with Crippen molar-refractivity contribution in [1.29, 1.82) is 0 Å². The number of hydrogen-bond acceptors (Lipinski definition) is 6. The highest BCUT2D eigenvalue weighted by Gasteiger charge is 2.24. The zero-order valence-corrected chi connectivity index (χ0v) is 20.7. The van der Waals surface area contributed by atoms with Crippen molar-refractivity contribution in [3.63, 3.8) is 0 Å². The van der Waals surface area contributed by atoms with Crippen molar-refractivity contribution >= 4 is 49.3 Å². The van der Waals surface area contributed by atoms with Gasteiger partial charge in [0.1, 0.15) is 11.2 Å². The molecule has 2 aromatic heterocycles. The summed E-state index contributed by atoms with van der Waals surface area (Å²) in [6, 6.07) is 23.4. The van der Waals surface area contributed by atoms with Crippen molar-refractivity contribution in [3.05, 3.63) is 78.9 Å². The Morgan fingerprint density at radius 1 is 0.857 bits per heavy atom. The SMILES string of the molecule is CC(C)[C@@H](NS(=O)(=O)c1ccc2oc3cc(-c4ccc(-c5ccccc5)s4)ccc3c2c1)C(=O)[O-]. The molecule has 5 rings (SSSR count). The molecular weight excluding hydrogens is 482 g/mol. The van der Waals surface area contributed by atoms with Gasteiger partial charge in [0.15, 0.2) is 0 Å². The van der Waals surface area contributed by atoms with Crippen LogP contribution in [0, 0.1) is 5.92 Å². The van der Waals surface area contributed by atoms with Crippen LogP contribution in [0.2, 0.25) is 0 Å². The largest absolute Gasteiger partial charge is 0.548 e. The maximum Gasteiger partial charge on any atom is 0.241 e. The van der Waals surface area contributed by atoms with Gasteiger partial charge < -0.3 is 14.3 Å². The van der Waals surface area contributed by atoms with E-state index in [1.807, 2.05) is 36.4 Å². The molecule has 2 heterocycles. The van der Waals surface area contributed by atoms with Gasteiger partial charge in [-0.25, -0.2) is 13.1 Å². The Labute approximate surface area is 206 Å². The summed E-state index contributed by atoms with van der Waals surface area (Å²) in [6.07, 6.45) is 0. The van der Waals surface area contributed by atoms with Crippen LogP contribution < -0.4 is 9.83 Å². The highest BCUT2D eigenvalue weighted by atomic mass is 32.2. The minimum atomic E-state index is -4.07. The standard InChI is InChI=1S/C27H23NO5S2/c1-16(2)26(27(29)30)28-35(31,32)19-9-11-22-21(15-19)20-10-8-18(14-23(20)33-22)25-13-12-24(34-25)17-6-4-3-5-7-17/h3-16,26,28H,1-2H3,(H,29,30)/p-1/t26-/m1/s1. The summed E-state index contributed by atoms with van der Waals surface area (Å²) in [7, 11) is -4.07. The van der Waals surface area contributed by atoms with Crippen LogP contribution in [0.1, 0.15) is 13.8 Å². The van der Waals surface area contributed by atoms with E-state index < -0.39 is 28.0 Å². The molecule has 0 saturated carbocycles. The second kappa shape index (κ2) is 8.96. The van der Waals surface area contributed by atoms with Crippen LogP contribution in [0.25, 0.3) is 42.8 Å². The lowest BCUT2D eigenvalue weighted by atomic mass is 10.1. The first-order valence-corrected chi connectivity index (χ1v) is 13.4. The second-order valence-corrected chi connectivity index (χ2v) is 11.5. The summed E-state index contributed by atoms with van der Waals surface area (Å²) in [5.41, 5.74) is 3.36. The average Bonchev–Trinajstić information content (AvgIpc) is 3.47. The fraction of sp³-hybridized carbons (Fsp3) is 0.148. The third kappa shape index (κ3) is 4.48. The maximum atomic E-state index is 12.9. The summed E-state index contributed by atoms with van der Waals surface area (Å²) in [5, 5.41) is 12.8. The number of carbonyl (C=O) groups excluding carboxylic acids is 1. The predicted octanol–water partition coefficient (Wildman–Crippen LogP) is 5.03. The summed E-state index contributed by atoms with van der Waals surface area (Å²) < 4.78 is 34.0. The van der Waals surface area contributed by atoms with Gasteiger partial charge in [0.2, 0.25) is 10.0 Å². The number of rotatable bonds is 7. The average molecular weight is 505 g/mol. The Bertz CT molecular complexity index is 1650. The molecule has 0 aliphatic heterocycles. The zero-order chi connectivity index (χ0) is 24.7. The molecular formula is C27H22NO5S2-. The first-order valence-electron chi connectivity index (χ1n) is 11.1. The quantitative estimate of drug-likeness (QED) is 0.335. The van der Waals surface area contributed by atoms with Gasteiger partial charge in [-0.2, -0.15) is 0 Å². The molecule has 6 nitrogen and oxygen atoms in total. The van der Waals surface area contributed by atoms with Gasteiger partial charge in [0.25, 0.3) is 0 Å². The van der Waals surface area contributed by atoms with E-state index in [1.54, 1.807) is 31.3 Å². The van der Waals surface area contributed by atoms with E-state index >= 15 is 0 Å². The van der Waals surface area contributed by atoms with Crippen molar-refractivity contribution in [2.24, 2.45) is 5.92 Å². The van der Waals surface area contributed by atoms with Crippen LogP contribution in [0.3, 0.4) is 0 Å². The molecule has 0 amide bonds. The number of fused-ring (bicyclic) bond motifs is 3. The molecule has 178 valence electrons. The van der Waals surface area contributed by atoms with Gasteiger partial charge in [-0.1, -0.05) is 50.2 Å². The number of aliphatic carboxylic acids is 1. The van der Waals surface area contributed by atoms with Crippen molar-refractivity contribution in [1.82, 2.24) is 4.72 Å². The van der Waals surface area contributed by atoms with Crippen LogP contribution in [0.15, 0.2) is 88.2 Å². The van der Waals surface area contributed by atoms with Crippen molar-refractivity contribution < 1.29 is 22.7 Å². The van der Waals surface area contributed by atoms with E-state index in [-0.39, 0.29) is 4.90 Å². The van der Waals surface area contributed by atoms with E-state index in [0.29, 0.717) is 16.6 Å². The Morgan fingerprint density at radius 3 is 2.26 bits per heavy atom. The van der Waals surface area contributed by atoms with Gasteiger partial charge >= 0.3 is 0 Å². The molecule has 0 bridgehead atoms. The molecule has 0 radical (unpaired) electrons. The molecule has 8 heteroatoms. The predicted molar refractivity (Wildman–Crippen MR) is 136 cm³/mol. The van der Waals surface area contributed by atoms with Gasteiger partial charge in [-0.15, -0.1) is 11.3 Å². The molecule has 3 aromatic carbocycles. The Balaban J connectivity index is 1.50. The highest BCUT2D eigenvalue weighted by Crippen LogP contribution is 2.38. The number of hydrogen-bond donors (Lipinski definition) is 1. The first kappa shape index (κ1) is 23.3. The molecule has 0 aliphatic carbocycles. The molecule has 1 atom stereocenters. The van der Waals surface area contributed by atoms with Crippen molar-refractivity contribution in [3.8, 4) is 20.9 Å². The molecule has 5 aromatic rings. The number of sulfonamides is 1. The molecule has 1 N–H and O–H groups in total. The Kier molecular flexibility index (Phi) is 5.96. The summed E-state index contributed by atoms with van der Waals surface area (Å²) in [6.45, 7) is 3.23. The number of benzene rings is 3. The molecule has 0 fully saturated rings. The number of carbonyl (C=O) groups is 1. The molecule has 0 spiro atoms.